The van der Waals surface area contributed by atoms with E-state index in [2.05, 4.69) is 10.5 Å². The van der Waals surface area contributed by atoms with Crippen molar-refractivity contribution in [2.24, 2.45) is 5.10 Å². The molecule has 3 rings (SSSR count). The van der Waals surface area contributed by atoms with Crippen molar-refractivity contribution >= 4 is 23.7 Å². The van der Waals surface area contributed by atoms with E-state index in [-0.39, 0.29) is 6.79 Å². The van der Waals surface area contributed by atoms with Crippen LogP contribution >= 0.6 is 11.6 Å². The minimum absolute atomic E-state index is 0.129. The van der Waals surface area contributed by atoms with Crippen molar-refractivity contribution in [3.63, 3.8) is 0 Å². The molecule has 7 nitrogen and oxygen atoms in total. The van der Waals surface area contributed by atoms with Gasteiger partial charge in [-0.2, -0.15) is 5.10 Å². The number of rotatable bonds is 5. The maximum absolute atomic E-state index is 12.2. The van der Waals surface area contributed by atoms with Gasteiger partial charge in [0, 0.05) is 11.6 Å². The minimum Gasteiger partial charge on any atom is -0.497 e. The van der Waals surface area contributed by atoms with Crippen molar-refractivity contribution in [1.82, 2.24) is 5.43 Å². The van der Waals surface area contributed by atoms with E-state index >= 15 is 0 Å². The molecule has 1 aliphatic heterocycles. The lowest BCUT2D eigenvalue weighted by Crippen LogP contribution is -2.17. The zero-order valence-corrected chi connectivity index (χ0v) is 14.3. The third kappa shape index (κ3) is 3.77. The summed E-state index contributed by atoms with van der Waals surface area (Å²) in [4.78, 5) is 12.2. The number of hydrogen-bond donors (Lipinski definition) is 1. The Morgan fingerprint density at radius 3 is 2.56 bits per heavy atom. The Morgan fingerprint density at radius 1 is 1.16 bits per heavy atom. The van der Waals surface area contributed by atoms with Gasteiger partial charge >= 0.3 is 0 Å². The van der Waals surface area contributed by atoms with Gasteiger partial charge in [-0.1, -0.05) is 11.6 Å². The topological polar surface area (TPSA) is 78.4 Å². The van der Waals surface area contributed by atoms with Crippen LogP contribution in [-0.4, -0.2) is 33.1 Å². The molecule has 0 bridgehead atoms. The second-order valence-electron chi connectivity index (χ2n) is 5.04. The van der Waals surface area contributed by atoms with Gasteiger partial charge in [-0.3, -0.25) is 4.79 Å². The minimum atomic E-state index is -0.403. The molecule has 0 aromatic heterocycles. The number of nitrogens with zero attached hydrogens (tertiary/aromatic N) is 1. The summed E-state index contributed by atoms with van der Waals surface area (Å²) in [6, 6.07) is 8.24. The summed E-state index contributed by atoms with van der Waals surface area (Å²) in [5, 5.41) is 4.35. The highest BCUT2D eigenvalue weighted by Gasteiger charge is 2.17. The number of amides is 1. The number of halogens is 1. The lowest BCUT2D eigenvalue weighted by molar-refractivity contribution is 0.0954. The van der Waals surface area contributed by atoms with Crippen LogP contribution in [0.5, 0.6) is 23.0 Å². The Kier molecular flexibility index (Phi) is 4.95. The summed E-state index contributed by atoms with van der Waals surface area (Å²) in [7, 11) is 3.02. The summed E-state index contributed by atoms with van der Waals surface area (Å²) in [5.41, 5.74) is 3.46. The molecule has 0 radical (unpaired) electrons. The summed E-state index contributed by atoms with van der Waals surface area (Å²) >= 11 is 6.10. The predicted molar refractivity (Wildman–Crippen MR) is 92.2 cm³/mol. The first-order valence-electron chi connectivity index (χ1n) is 7.26. The van der Waals surface area contributed by atoms with E-state index in [1.54, 1.807) is 30.3 Å². The smallest absolute Gasteiger partial charge is 0.271 e. The molecule has 8 heteroatoms. The van der Waals surface area contributed by atoms with Gasteiger partial charge in [0.2, 0.25) is 6.79 Å². The standard InChI is InChI=1S/C17H15ClN2O5/c1-22-12-5-11(6-13(7-12)23-2)17(21)20-19-8-10-3-14(18)16-15(4-10)24-9-25-16/h3-8H,9H2,1-2H3,(H,20,21)/b19-8-. The fourth-order valence-corrected chi connectivity index (χ4v) is 2.50. The summed E-state index contributed by atoms with van der Waals surface area (Å²) in [6.45, 7) is 0.129. The Labute approximate surface area is 149 Å². The van der Waals surface area contributed by atoms with Gasteiger partial charge in [0.15, 0.2) is 11.5 Å². The third-order valence-electron chi connectivity index (χ3n) is 3.44. The van der Waals surface area contributed by atoms with Crippen LogP contribution in [0.3, 0.4) is 0 Å². The van der Waals surface area contributed by atoms with E-state index in [1.807, 2.05) is 0 Å². The molecule has 2 aromatic rings. The van der Waals surface area contributed by atoms with Crippen LogP contribution in [0.25, 0.3) is 0 Å². The molecule has 0 aliphatic carbocycles. The SMILES string of the molecule is COc1cc(OC)cc(C(=O)N/N=C\c2cc(Cl)c3c(c2)OCO3)c1. The van der Waals surface area contributed by atoms with Gasteiger partial charge in [-0.15, -0.1) is 0 Å². The molecule has 1 amide bonds. The number of fused-ring (bicyclic) bond motifs is 1. The molecule has 0 spiro atoms. The first kappa shape index (κ1) is 16.9. The summed E-state index contributed by atoms with van der Waals surface area (Å²) in [6.07, 6.45) is 1.46. The van der Waals surface area contributed by atoms with Gasteiger partial charge in [-0.25, -0.2) is 5.43 Å². The predicted octanol–water partition coefficient (Wildman–Crippen LogP) is 2.85. The van der Waals surface area contributed by atoms with Crippen molar-refractivity contribution in [1.29, 1.82) is 0 Å². The molecule has 0 unspecified atom stereocenters. The van der Waals surface area contributed by atoms with Gasteiger partial charge in [0.25, 0.3) is 5.91 Å². The molecule has 0 saturated heterocycles. The number of methoxy groups -OCH3 is 2. The largest absolute Gasteiger partial charge is 0.497 e. The van der Waals surface area contributed by atoms with Crippen LogP contribution in [0.4, 0.5) is 0 Å². The highest BCUT2D eigenvalue weighted by molar-refractivity contribution is 6.32. The van der Waals surface area contributed by atoms with Gasteiger partial charge < -0.3 is 18.9 Å². The number of hydrazone groups is 1. The van der Waals surface area contributed by atoms with Gasteiger partial charge in [0.05, 0.1) is 25.5 Å². The van der Waals surface area contributed by atoms with Crippen LogP contribution in [0.1, 0.15) is 15.9 Å². The second-order valence-corrected chi connectivity index (χ2v) is 5.44. The van der Waals surface area contributed by atoms with Crippen LogP contribution in [0.2, 0.25) is 5.02 Å². The van der Waals surface area contributed by atoms with E-state index in [9.17, 15) is 4.79 Å². The highest BCUT2D eigenvalue weighted by Crippen LogP contribution is 2.39. The van der Waals surface area contributed by atoms with E-state index in [1.165, 1.54) is 20.4 Å². The third-order valence-corrected chi connectivity index (χ3v) is 3.72. The first-order valence-corrected chi connectivity index (χ1v) is 7.64. The fourth-order valence-electron chi connectivity index (χ4n) is 2.23. The molecule has 130 valence electrons. The fraction of sp³-hybridized carbons (Fsp3) is 0.176. The molecular weight excluding hydrogens is 348 g/mol. The van der Waals surface area contributed by atoms with Crippen molar-refractivity contribution in [3.8, 4) is 23.0 Å². The molecule has 0 fully saturated rings. The number of carbonyl (C=O) groups excluding carboxylic acids is 1. The van der Waals surface area contributed by atoms with Gasteiger partial charge in [0.1, 0.15) is 11.5 Å². The maximum atomic E-state index is 12.2. The van der Waals surface area contributed by atoms with Crippen molar-refractivity contribution in [2.45, 2.75) is 0 Å². The van der Waals surface area contributed by atoms with Gasteiger partial charge in [-0.05, 0) is 29.8 Å². The monoisotopic (exact) mass is 362 g/mol. The maximum Gasteiger partial charge on any atom is 0.271 e. The normalized spacial score (nSPS) is 12.3. The van der Waals surface area contributed by atoms with E-state index < -0.39 is 5.91 Å². The molecule has 25 heavy (non-hydrogen) atoms. The molecule has 1 heterocycles. The van der Waals surface area contributed by atoms with E-state index in [0.717, 1.165) is 0 Å². The highest BCUT2D eigenvalue weighted by atomic mass is 35.5. The Morgan fingerprint density at radius 2 is 1.88 bits per heavy atom. The number of nitrogens with one attached hydrogen (secondary N) is 1. The Balaban J connectivity index is 1.72. The van der Waals surface area contributed by atoms with Crippen LogP contribution in [0, 0.1) is 0 Å². The quantitative estimate of drug-likeness (QED) is 0.653. The van der Waals surface area contributed by atoms with E-state index in [4.69, 9.17) is 30.5 Å². The van der Waals surface area contributed by atoms with E-state index in [0.29, 0.717) is 39.1 Å². The molecule has 1 aliphatic rings. The van der Waals surface area contributed by atoms with Crippen LogP contribution < -0.4 is 24.4 Å². The molecule has 0 atom stereocenters. The zero-order chi connectivity index (χ0) is 17.8. The van der Waals surface area contributed by atoms with Crippen molar-refractivity contribution in [2.75, 3.05) is 21.0 Å². The molecular formula is C17H15ClN2O5. The molecule has 0 saturated carbocycles. The van der Waals surface area contributed by atoms with Crippen LogP contribution in [0.15, 0.2) is 35.4 Å². The Hall–Kier alpha value is -2.93. The second kappa shape index (κ2) is 7.31. The van der Waals surface area contributed by atoms with Crippen LogP contribution in [-0.2, 0) is 0 Å². The summed E-state index contributed by atoms with van der Waals surface area (Å²) < 4.78 is 20.8. The Bertz CT molecular complexity index is 816. The lowest BCUT2D eigenvalue weighted by Gasteiger charge is -2.07. The number of ether oxygens (including phenoxy) is 4. The number of benzene rings is 2. The molecule has 1 N–H and O–H groups in total. The number of hydrogen-bond acceptors (Lipinski definition) is 6. The molecule has 2 aromatic carbocycles. The number of carbonyl (C=O) groups is 1. The summed E-state index contributed by atoms with van der Waals surface area (Å²) in [5.74, 6) is 1.66. The zero-order valence-electron chi connectivity index (χ0n) is 13.5. The van der Waals surface area contributed by atoms with Crippen molar-refractivity contribution in [3.05, 3.63) is 46.5 Å². The lowest BCUT2D eigenvalue weighted by atomic mass is 10.2. The first-order chi connectivity index (χ1) is 12.1. The average Bonchev–Trinajstić information content (AvgIpc) is 3.10. The van der Waals surface area contributed by atoms with Crippen molar-refractivity contribution < 1.29 is 23.7 Å². The average molecular weight is 363 g/mol.